The van der Waals surface area contributed by atoms with Crippen LogP contribution in [0.5, 0.6) is 0 Å². The molecule has 1 rings (SSSR count). The van der Waals surface area contributed by atoms with Gasteiger partial charge in [-0.3, -0.25) is 4.79 Å². The zero-order chi connectivity index (χ0) is 13.5. The van der Waals surface area contributed by atoms with E-state index in [0.29, 0.717) is 17.0 Å². The molecule has 1 aromatic rings. The highest BCUT2D eigenvalue weighted by Gasteiger charge is 2.05. The summed E-state index contributed by atoms with van der Waals surface area (Å²) >= 11 is 1.53. The summed E-state index contributed by atoms with van der Waals surface area (Å²) in [5.74, 6) is 0.792. The highest BCUT2D eigenvalue weighted by atomic mass is 32.2. The van der Waals surface area contributed by atoms with Gasteiger partial charge in [0.15, 0.2) is 0 Å². The highest BCUT2D eigenvalue weighted by molar-refractivity contribution is 7.99. The molecule has 0 aliphatic carbocycles. The second-order valence-corrected chi connectivity index (χ2v) is 5.44. The monoisotopic (exact) mass is 270 g/mol. The summed E-state index contributed by atoms with van der Waals surface area (Å²) in [6.07, 6.45) is 0.886. The van der Waals surface area contributed by atoms with Crippen LogP contribution >= 0.6 is 11.8 Å². The standard InChI is InChI=1S/C13H19FN2OS/c1-9-3-4-11(7-12(9)14)16-13(17)8-18-6-5-10(2)15/h3-4,7,10H,5-6,8,15H2,1-2H3,(H,16,17). The minimum absolute atomic E-state index is 0.118. The molecule has 100 valence electrons. The summed E-state index contributed by atoms with van der Waals surface area (Å²) in [7, 11) is 0. The first kappa shape index (κ1) is 15.0. The van der Waals surface area contributed by atoms with E-state index in [0.717, 1.165) is 12.2 Å². The van der Waals surface area contributed by atoms with Gasteiger partial charge in [0.2, 0.25) is 5.91 Å². The number of rotatable bonds is 6. The number of benzene rings is 1. The molecule has 0 radical (unpaired) electrons. The van der Waals surface area contributed by atoms with E-state index in [-0.39, 0.29) is 17.8 Å². The van der Waals surface area contributed by atoms with Crippen LogP contribution in [0.15, 0.2) is 18.2 Å². The number of aryl methyl sites for hydroxylation is 1. The molecule has 3 nitrogen and oxygen atoms in total. The molecule has 0 saturated carbocycles. The minimum atomic E-state index is -0.308. The summed E-state index contributed by atoms with van der Waals surface area (Å²) in [6.45, 7) is 3.63. The summed E-state index contributed by atoms with van der Waals surface area (Å²) < 4.78 is 13.3. The van der Waals surface area contributed by atoms with Crippen molar-refractivity contribution in [3.8, 4) is 0 Å². The van der Waals surface area contributed by atoms with Crippen LogP contribution in [0.3, 0.4) is 0 Å². The SMILES string of the molecule is Cc1ccc(NC(=O)CSCCC(C)N)cc1F. The number of nitrogens with two attached hydrogens (primary N) is 1. The molecule has 0 saturated heterocycles. The molecule has 0 aromatic heterocycles. The van der Waals surface area contributed by atoms with Gasteiger partial charge in [0.05, 0.1) is 5.75 Å². The molecule has 5 heteroatoms. The highest BCUT2D eigenvalue weighted by Crippen LogP contribution is 2.14. The maximum absolute atomic E-state index is 13.3. The third kappa shape index (κ3) is 5.51. The maximum atomic E-state index is 13.3. The van der Waals surface area contributed by atoms with Crippen LogP contribution in [0.2, 0.25) is 0 Å². The Kier molecular flexibility index (Phi) is 6.15. The number of thioether (sulfide) groups is 1. The Hall–Kier alpha value is -1.07. The summed E-state index contributed by atoms with van der Waals surface area (Å²) in [4.78, 5) is 11.6. The summed E-state index contributed by atoms with van der Waals surface area (Å²) in [5.41, 5.74) is 6.67. The molecule has 1 unspecified atom stereocenters. The Bertz CT molecular complexity index is 410. The fourth-order valence-corrected chi connectivity index (χ4v) is 2.24. The van der Waals surface area contributed by atoms with E-state index in [1.807, 2.05) is 6.92 Å². The van der Waals surface area contributed by atoms with Crippen molar-refractivity contribution in [1.82, 2.24) is 0 Å². The van der Waals surface area contributed by atoms with Gasteiger partial charge in [-0.25, -0.2) is 4.39 Å². The quantitative estimate of drug-likeness (QED) is 0.781. The lowest BCUT2D eigenvalue weighted by atomic mass is 10.2. The van der Waals surface area contributed by atoms with Gasteiger partial charge in [0.25, 0.3) is 0 Å². The van der Waals surface area contributed by atoms with Gasteiger partial charge in [-0.15, -0.1) is 0 Å². The molecule has 1 amide bonds. The number of carbonyl (C=O) groups is 1. The third-order valence-corrected chi connectivity index (χ3v) is 3.40. The number of nitrogens with one attached hydrogen (secondary N) is 1. The number of anilines is 1. The van der Waals surface area contributed by atoms with E-state index < -0.39 is 0 Å². The fourth-order valence-electron chi connectivity index (χ4n) is 1.30. The van der Waals surface area contributed by atoms with Crippen LogP contribution in [-0.4, -0.2) is 23.5 Å². The van der Waals surface area contributed by atoms with Crippen molar-refractivity contribution in [3.63, 3.8) is 0 Å². The number of halogens is 1. The lowest BCUT2D eigenvalue weighted by Crippen LogP contribution is -2.17. The number of hydrogen-bond donors (Lipinski definition) is 2. The number of carbonyl (C=O) groups excluding carboxylic acids is 1. The molecule has 1 aromatic carbocycles. The van der Waals surface area contributed by atoms with Crippen LogP contribution in [0.4, 0.5) is 10.1 Å². The fraction of sp³-hybridized carbons (Fsp3) is 0.462. The van der Waals surface area contributed by atoms with Crippen molar-refractivity contribution in [2.45, 2.75) is 26.3 Å². The molecule has 0 bridgehead atoms. The first-order valence-electron chi connectivity index (χ1n) is 5.88. The zero-order valence-corrected chi connectivity index (χ0v) is 11.5. The first-order chi connectivity index (χ1) is 8.49. The molecule has 3 N–H and O–H groups in total. The molecule has 0 aliphatic heterocycles. The van der Waals surface area contributed by atoms with Crippen LogP contribution in [0, 0.1) is 12.7 Å². The van der Waals surface area contributed by atoms with Gasteiger partial charge in [-0.05, 0) is 43.7 Å². The van der Waals surface area contributed by atoms with E-state index in [4.69, 9.17) is 5.73 Å². The average molecular weight is 270 g/mol. The number of hydrogen-bond acceptors (Lipinski definition) is 3. The van der Waals surface area contributed by atoms with E-state index >= 15 is 0 Å². The van der Waals surface area contributed by atoms with Crippen LogP contribution in [0.25, 0.3) is 0 Å². The van der Waals surface area contributed by atoms with Gasteiger partial charge in [0.1, 0.15) is 5.82 Å². The van der Waals surface area contributed by atoms with E-state index in [1.165, 1.54) is 17.8 Å². The zero-order valence-electron chi connectivity index (χ0n) is 10.7. The Morgan fingerprint density at radius 3 is 2.89 bits per heavy atom. The van der Waals surface area contributed by atoms with Crippen LogP contribution in [0.1, 0.15) is 18.9 Å². The molecule has 0 heterocycles. The minimum Gasteiger partial charge on any atom is -0.328 e. The first-order valence-corrected chi connectivity index (χ1v) is 7.04. The topological polar surface area (TPSA) is 55.1 Å². The summed E-state index contributed by atoms with van der Waals surface area (Å²) in [5, 5.41) is 2.67. The van der Waals surface area contributed by atoms with Gasteiger partial charge < -0.3 is 11.1 Å². The van der Waals surface area contributed by atoms with Gasteiger partial charge in [0, 0.05) is 11.7 Å². The second-order valence-electron chi connectivity index (χ2n) is 4.33. The molecule has 18 heavy (non-hydrogen) atoms. The Morgan fingerprint density at radius 2 is 2.28 bits per heavy atom. The maximum Gasteiger partial charge on any atom is 0.234 e. The van der Waals surface area contributed by atoms with Crippen molar-refractivity contribution in [3.05, 3.63) is 29.6 Å². The van der Waals surface area contributed by atoms with Gasteiger partial charge >= 0.3 is 0 Å². The molecular weight excluding hydrogens is 251 g/mol. The predicted octanol–water partition coefficient (Wildman–Crippen LogP) is 2.54. The predicted molar refractivity (Wildman–Crippen MR) is 75.4 cm³/mol. The smallest absolute Gasteiger partial charge is 0.234 e. The molecular formula is C13H19FN2OS. The van der Waals surface area contributed by atoms with E-state index in [2.05, 4.69) is 5.32 Å². The van der Waals surface area contributed by atoms with Crippen LogP contribution in [-0.2, 0) is 4.79 Å². The molecule has 1 atom stereocenters. The Morgan fingerprint density at radius 1 is 1.56 bits per heavy atom. The Labute approximate surface area is 111 Å². The second kappa shape index (κ2) is 7.38. The summed E-state index contributed by atoms with van der Waals surface area (Å²) in [6, 6.07) is 4.84. The third-order valence-electron chi connectivity index (χ3n) is 2.41. The van der Waals surface area contributed by atoms with Crippen molar-refractivity contribution >= 4 is 23.4 Å². The lowest BCUT2D eigenvalue weighted by molar-refractivity contribution is -0.113. The molecule has 0 aliphatic rings. The molecule has 0 spiro atoms. The number of amides is 1. The Balaban J connectivity index is 2.33. The lowest BCUT2D eigenvalue weighted by Gasteiger charge is -2.07. The molecule has 0 fully saturated rings. The van der Waals surface area contributed by atoms with Crippen molar-refractivity contribution in [1.29, 1.82) is 0 Å². The van der Waals surface area contributed by atoms with Gasteiger partial charge in [-0.2, -0.15) is 11.8 Å². The average Bonchev–Trinajstić information content (AvgIpc) is 2.29. The van der Waals surface area contributed by atoms with Crippen molar-refractivity contribution < 1.29 is 9.18 Å². The van der Waals surface area contributed by atoms with Crippen LogP contribution < -0.4 is 11.1 Å². The van der Waals surface area contributed by atoms with Crippen molar-refractivity contribution in [2.75, 3.05) is 16.8 Å². The van der Waals surface area contributed by atoms with E-state index in [9.17, 15) is 9.18 Å². The normalized spacial score (nSPS) is 12.2. The van der Waals surface area contributed by atoms with E-state index in [1.54, 1.807) is 19.1 Å². The van der Waals surface area contributed by atoms with Crippen molar-refractivity contribution in [2.24, 2.45) is 5.73 Å². The largest absolute Gasteiger partial charge is 0.328 e. The van der Waals surface area contributed by atoms with Gasteiger partial charge in [-0.1, -0.05) is 6.07 Å².